The van der Waals surface area contributed by atoms with Crippen molar-refractivity contribution >= 4 is 49.3 Å². The maximum absolute atomic E-state index is 9.09. The van der Waals surface area contributed by atoms with Crippen LogP contribution in [0, 0.1) is 6.57 Å². The van der Waals surface area contributed by atoms with Gasteiger partial charge in [-0.2, -0.15) is 0 Å². The van der Waals surface area contributed by atoms with Crippen LogP contribution < -0.4 is 0 Å². The summed E-state index contributed by atoms with van der Waals surface area (Å²) in [5, 5.41) is 3.54. The van der Waals surface area contributed by atoms with Crippen LogP contribution in [0.5, 0.6) is 0 Å². The van der Waals surface area contributed by atoms with E-state index in [0.717, 1.165) is 150 Å². The van der Waals surface area contributed by atoms with Gasteiger partial charge in [0.05, 0.1) is 40.0 Å². The first kappa shape index (κ1) is 80.2. The lowest BCUT2D eigenvalue weighted by Gasteiger charge is -2.20. The van der Waals surface area contributed by atoms with E-state index < -0.39 is 0 Å². The van der Waals surface area contributed by atoms with E-state index in [1.165, 1.54) is 0 Å². The molecule has 17 aromatic carbocycles. The molecule has 7 aromatic heterocycles. The molecule has 24 aromatic rings. The van der Waals surface area contributed by atoms with E-state index in [1.54, 1.807) is 0 Å². The molecule has 24 rings (SSSR count). The second kappa shape index (κ2) is 34.7. The fourth-order valence-electron chi connectivity index (χ4n) is 17.8. The number of benzene rings is 17. The van der Waals surface area contributed by atoms with Gasteiger partial charge in [0.15, 0.2) is 93.1 Å². The Morgan fingerprint density at radius 2 is 0.324 bits per heavy atom. The van der Waals surface area contributed by atoms with Crippen molar-refractivity contribution in [3.63, 3.8) is 0 Å². The number of para-hydroxylation sites is 1. The summed E-state index contributed by atoms with van der Waals surface area (Å²) < 4.78 is 4.65. The van der Waals surface area contributed by atoms with Crippen LogP contribution in [-0.2, 0) is 0 Å². The zero-order valence-electron chi connectivity index (χ0n) is 72.6. The molecule has 18 nitrogen and oxygen atoms in total. The molecule has 0 bridgehead atoms. The van der Waals surface area contributed by atoms with Crippen molar-refractivity contribution < 1.29 is 0 Å². The van der Waals surface area contributed by atoms with Crippen LogP contribution in [0.2, 0.25) is 0 Å². The quantitative estimate of drug-likeness (QED) is 0.0690. The Bertz CT molecular complexity index is 8100. The van der Waals surface area contributed by atoms with Gasteiger partial charge in [-0.1, -0.05) is 334 Å². The van der Waals surface area contributed by atoms with E-state index in [4.69, 9.17) is 81.3 Å². The molecule has 0 spiro atoms. The van der Waals surface area contributed by atoms with E-state index in [2.05, 4.69) is 123 Å². The monoisotopic (exact) mass is 1740 g/mol. The van der Waals surface area contributed by atoms with Crippen molar-refractivity contribution in [1.29, 1.82) is 0 Å². The SMILES string of the molecule is [C-]#[N+]c1ccccc1-c1cc(-c2cc(-c3nc(-c4ccccc4)nc(-c4ccccc4)n3)ccc2-n2c3ccc(-c4nc(-c5ccccc5)nc(-c5ccccc5)n4)cc3c3cc(-c4nc(-c5ccccc5)nc(-c5ccccc5)n4)ccc32)ccc1-n1c2ccc(-c3nc(-c4ccccc4)nc(-c4ccccc4)n3)cc2c2cc(-c3nc(-c4ccccc4)nc(-c4ccccc4)n3)ccc21. The molecular formula is C118H72N18. The van der Waals surface area contributed by atoms with Gasteiger partial charge in [0.2, 0.25) is 0 Å². The number of hydrogen-bond donors (Lipinski definition) is 0. The number of nitrogens with zero attached hydrogens (tertiary/aromatic N) is 18. The third-order valence-electron chi connectivity index (χ3n) is 24.4. The van der Waals surface area contributed by atoms with Gasteiger partial charge in [-0.25, -0.2) is 79.6 Å². The van der Waals surface area contributed by atoms with Gasteiger partial charge in [0.1, 0.15) is 0 Å². The zero-order valence-corrected chi connectivity index (χ0v) is 72.6. The first-order valence-corrected chi connectivity index (χ1v) is 44.6. The molecule has 634 valence electrons. The fourth-order valence-corrected chi connectivity index (χ4v) is 17.8. The summed E-state index contributed by atoms with van der Waals surface area (Å²) in [6.07, 6.45) is 0. The average molecular weight is 1740 g/mol. The molecule has 0 amide bonds. The topological polar surface area (TPSA) is 208 Å². The van der Waals surface area contributed by atoms with Crippen molar-refractivity contribution in [2.45, 2.75) is 0 Å². The molecule has 0 N–H and O–H groups in total. The molecule has 136 heavy (non-hydrogen) atoms. The highest BCUT2D eigenvalue weighted by molar-refractivity contribution is 6.14. The number of rotatable bonds is 19. The Kier molecular flexibility index (Phi) is 20.5. The zero-order chi connectivity index (χ0) is 90.4. The smallest absolute Gasteiger partial charge is 0.194 e. The summed E-state index contributed by atoms with van der Waals surface area (Å²) in [4.78, 5) is 83.3. The number of aromatic nitrogens is 17. The lowest BCUT2D eigenvalue weighted by molar-refractivity contribution is 1.07. The molecule has 0 fully saturated rings. The van der Waals surface area contributed by atoms with E-state index in [0.29, 0.717) is 104 Å². The molecule has 7 heterocycles. The Balaban J connectivity index is 0.765. The van der Waals surface area contributed by atoms with Crippen LogP contribution in [0.4, 0.5) is 5.69 Å². The molecule has 0 aliphatic carbocycles. The lowest BCUT2D eigenvalue weighted by atomic mass is 9.94. The highest BCUT2D eigenvalue weighted by atomic mass is 15.1. The average Bonchev–Trinajstić information content (AvgIpc) is 1.56. The molecule has 0 saturated heterocycles. The van der Waals surface area contributed by atoms with Gasteiger partial charge < -0.3 is 9.13 Å². The molecule has 0 aliphatic rings. The molecular weight excluding hydrogens is 1670 g/mol. The summed E-state index contributed by atoms with van der Waals surface area (Å²) >= 11 is 0. The second-order valence-electron chi connectivity index (χ2n) is 32.9. The Labute approximate surface area is 780 Å². The van der Waals surface area contributed by atoms with Gasteiger partial charge >= 0.3 is 0 Å². The van der Waals surface area contributed by atoms with Crippen molar-refractivity contribution in [3.05, 3.63) is 448 Å². The Morgan fingerprint density at radius 3 is 0.551 bits per heavy atom. The number of hydrogen-bond acceptors (Lipinski definition) is 15. The van der Waals surface area contributed by atoms with Crippen molar-refractivity contribution in [2.75, 3.05) is 0 Å². The molecule has 0 aliphatic heterocycles. The molecule has 0 atom stereocenters. The summed E-state index contributed by atoms with van der Waals surface area (Å²) in [5.41, 5.74) is 20.8. The number of fused-ring (bicyclic) bond motifs is 6. The van der Waals surface area contributed by atoms with Crippen LogP contribution in [0.1, 0.15) is 0 Å². The van der Waals surface area contributed by atoms with Crippen LogP contribution in [0.25, 0.3) is 253 Å². The van der Waals surface area contributed by atoms with E-state index in [-0.39, 0.29) is 0 Å². The lowest BCUT2D eigenvalue weighted by Crippen LogP contribution is -2.03. The first-order chi connectivity index (χ1) is 67.3. The van der Waals surface area contributed by atoms with Crippen LogP contribution in [0.3, 0.4) is 0 Å². The summed E-state index contributed by atoms with van der Waals surface area (Å²) in [6.45, 7) is 9.09. The minimum atomic E-state index is 0.452. The summed E-state index contributed by atoms with van der Waals surface area (Å²) in [7, 11) is 0. The van der Waals surface area contributed by atoms with Gasteiger partial charge in [-0.15, -0.1) is 0 Å². The van der Waals surface area contributed by atoms with Crippen molar-refractivity contribution in [3.8, 4) is 204 Å². The van der Waals surface area contributed by atoms with Gasteiger partial charge in [0.25, 0.3) is 0 Å². The maximum Gasteiger partial charge on any atom is 0.194 e. The Hall–Kier alpha value is -19.1. The third-order valence-corrected chi connectivity index (χ3v) is 24.4. The van der Waals surface area contributed by atoms with Crippen molar-refractivity contribution in [2.24, 2.45) is 0 Å². The van der Waals surface area contributed by atoms with E-state index in [9.17, 15) is 0 Å². The molecule has 0 radical (unpaired) electrons. The normalized spacial score (nSPS) is 11.4. The molecule has 18 heteroatoms. The predicted molar refractivity (Wildman–Crippen MR) is 541 cm³/mol. The van der Waals surface area contributed by atoms with Gasteiger partial charge in [-0.05, 0) is 120 Å². The van der Waals surface area contributed by atoms with Crippen LogP contribution in [-0.4, -0.2) is 83.9 Å². The van der Waals surface area contributed by atoms with E-state index >= 15 is 0 Å². The molecule has 0 saturated carbocycles. The van der Waals surface area contributed by atoms with E-state index in [1.807, 2.05) is 328 Å². The fraction of sp³-hybridized carbons (Fsp3) is 0. The van der Waals surface area contributed by atoms with Crippen molar-refractivity contribution in [1.82, 2.24) is 83.9 Å². The third kappa shape index (κ3) is 15.3. The minimum absolute atomic E-state index is 0.452. The van der Waals surface area contributed by atoms with Gasteiger partial charge in [0, 0.05) is 111 Å². The summed E-state index contributed by atoms with van der Waals surface area (Å²) in [6, 6.07) is 147. The first-order valence-electron chi connectivity index (χ1n) is 44.6. The largest absolute Gasteiger partial charge is 0.309 e. The van der Waals surface area contributed by atoms with Gasteiger partial charge in [-0.3, -0.25) is 0 Å². The molecule has 0 unspecified atom stereocenters. The minimum Gasteiger partial charge on any atom is -0.309 e. The highest BCUT2D eigenvalue weighted by Gasteiger charge is 2.28. The van der Waals surface area contributed by atoms with Crippen LogP contribution in [0.15, 0.2) is 437 Å². The Morgan fingerprint density at radius 1 is 0.147 bits per heavy atom. The second-order valence-corrected chi connectivity index (χ2v) is 32.9. The predicted octanol–water partition coefficient (Wildman–Crippen LogP) is 27.7. The maximum atomic E-state index is 9.09. The standard InChI is InChI=1S/C118H72N18/c1-119-97-55-33-32-54-90(97)92-68-84(56-62-99(92)136-102-66-60-88(117-131-110(80-46-24-8-25-47-80)123-111(132-117)81-48-26-9-27-49-81)72-95(102)96-73-89(61-67-103(96)136)118-133-112(82-50-28-10-29-51-82)124-113(134-118)83-52-30-11-31-53-83)91-69-85(114-125-104(74-34-12-2-13-35-74)120-105(126-114)75-36-14-3-15-37-75)57-63-98(91)135-100-64-58-86(115-127-106(76-38-16-4-17-39-76)121-107(128-115)77-40-18-5-19-41-77)70-93(100)94-71-87(59-65-101(94)135)116-129-108(78-42-20-6-21-43-78)122-109(130-116)79-44-22-7-23-45-79/h2-73H. The van der Waals surface area contributed by atoms with Crippen LogP contribution >= 0.6 is 0 Å². The summed E-state index contributed by atoms with van der Waals surface area (Å²) in [5.74, 6) is 7.70. The highest BCUT2D eigenvalue weighted by Crippen LogP contribution is 2.47.